The Balaban J connectivity index is 1.93. The van der Waals surface area contributed by atoms with Crippen molar-refractivity contribution in [3.63, 3.8) is 0 Å². The lowest BCUT2D eigenvalue weighted by Crippen LogP contribution is -2.50. The van der Waals surface area contributed by atoms with E-state index in [1.54, 1.807) is 0 Å². The number of halogens is 1. The van der Waals surface area contributed by atoms with Crippen LogP contribution in [0.15, 0.2) is 24.3 Å². The number of likely N-dealkylation sites (tertiary alicyclic amines) is 1. The fourth-order valence-corrected chi connectivity index (χ4v) is 5.36. The molecule has 1 aliphatic carbocycles. The Morgan fingerprint density at radius 2 is 2.22 bits per heavy atom. The number of benzene rings is 1. The van der Waals surface area contributed by atoms with Gasteiger partial charge in [-0.2, -0.15) is 0 Å². The summed E-state index contributed by atoms with van der Waals surface area (Å²) >= 11 is 2.21. The van der Waals surface area contributed by atoms with Crippen molar-refractivity contribution < 1.29 is 4.79 Å². The third-order valence-corrected chi connectivity index (χ3v) is 6.73. The zero-order valence-electron chi connectivity index (χ0n) is 13.6. The maximum atomic E-state index is 12.7. The number of aromatic nitrogens is 1. The lowest BCUT2D eigenvalue weighted by Gasteiger charge is -2.52. The summed E-state index contributed by atoms with van der Waals surface area (Å²) in [6.45, 7) is 3.22. The Bertz CT molecular complexity index is 753. The van der Waals surface area contributed by atoms with Gasteiger partial charge in [0.25, 0.3) is 0 Å². The van der Waals surface area contributed by atoms with E-state index in [1.807, 2.05) is 0 Å². The van der Waals surface area contributed by atoms with Gasteiger partial charge in [-0.1, -0.05) is 47.7 Å². The highest BCUT2D eigenvalue weighted by atomic mass is 127. The maximum Gasteiger partial charge on any atom is 0.232 e. The van der Waals surface area contributed by atoms with E-state index >= 15 is 0 Å². The number of carbonyl (C=O) groups is 1. The number of carbonyl (C=O) groups excluding carboxylic acids is 1. The first-order valence-corrected chi connectivity index (χ1v) is 10.2. The number of hydrogen-bond donors (Lipinski definition) is 1. The van der Waals surface area contributed by atoms with Gasteiger partial charge < -0.3 is 9.88 Å². The highest BCUT2D eigenvalue weighted by Crippen LogP contribution is 2.56. The number of aromatic amines is 1. The number of fused-ring (bicyclic) bond motifs is 5. The van der Waals surface area contributed by atoms with Gasteiger partial charge in [-0.25, -0.2) is 0 Å². The van der Waals surface area contributed by atoms with Crippen LogP contribution < -0.4 is 0 Å². The van der Waals surface area contributed by atoms with Crippen molar-refractivity contribution in [3.8, 4) is 0 Å². The Hall–Kier alpha value is -1.04. The number of rotatable bonds is 2. The highest BCUT2D eigenvalue weighted by Gasteiger charge is 2.49. The van der Waals surface area contributed by atoms with Crippen molar-refractivity contribution >= 4 is 39.4 Å². The van der Waals surface area contributed by atoms with Crippen LogP contribution in [0.3, 0.4) is 0 Å². The maximum absolute atomic E-state index is 12.7. The van der Waals surface area contributed by atoms with Crippen molar-refractivity contribution in [1.82, 2.24) is 9.88 Å². The van der Waals surface area contributed by atoms with Gasteiger partial charge in [0.05, 0.1) is 10.5 Å². The fourth-order valence-electron chi connectivity index (χ4n) is 4.92. The molecular formula is C19H23IN2O. The molecule has 0 bridgehead atoms. The fraction of sp³-hybridized carbons (Fsp3) is 0.526. The van der Waals surface area contributed by atoms with Crippen molar-refractivity contribution in [2.75, 3.05) is 11.0 Å². The second-order valence-corrected chi connectivity index (χ2v) is 7.77. The number of hydrogen-bond acceptors (Lipinski definition) is 1. The quantitative estimate of drug-likeness (QED) is 0.557. The van der Waals surface area contributed by atoms with E-state index in [-0.39, 0.29) is 11.5 Å². The molecule has 2 aliphatic rings. The second kappa shape index (κ2) is 5.80. The predicted molar refractivity (Wildman–Crippen MR) is 102 cm³/mol. The molecule has 4 heteroatoms. The molecule has 1 fully saturated rings. The van der Waals surface area contributed by atoms with E-state index in [1.165, 1.54) is 35.0 Å². The van der Waals surface area contributed by atoms with Crippen LogP contribution in [0.5, 0.6) is 0 Å². The van der Waals surface area contributed by atoms with E-state index in [4.69, 9.17) is 0 Å². The van der Waals surface area contributed by atoms with E-state index in [9.17, 15) is 4.79 Å². The van der Waals surface area contributed by atoms with Crippen LogP contribution in [0.2, 0.25) is 0 Å². The normalized spacial score (nSPS) is 26.9. The molecule has 1 aromatic heterocycles. The first kappa shape index (κ1) is 15.5. The predicted octanol–water partition coefficient (Wildman–Crippen LogP) is 4.61. The number of H-pyrrole nitrogens is 1. The van der Waals surface area contributed by atoms with Gasteiger partial charge in [0.15, 0.2) is 0 Å². The summed E-state index contributed by atoms with van der Waals surface area (Å²) in [6, 6.07) is 8.84. The Morgan fingerprint density at radius 1 is 1.39 bits per heavy atom. The van der Waals surface area contributed by atoms with Crippen molar-refractivity contribution in [3.05, 3.63) is 35.5 Å². The van der Waals surface area contributed by atoms with Crippen LogP contribution in [-0.4, -0.2) is 26.8 Å². The summed E-state index contributed by atoms with van der Waals surface area (Å²) in [5, 5.41) is 1.32. The topological polar surface area (TPSA) is 36.1 Å². The largest absolute Gasteiger partial charge is 0.358 e. The standard InChI is InChI=1S/C19H23IN2O/c1-2-19-9-5-11-22(16(23)12-20)18(19)17-13-6-3-4-7-14(13)21-15(17)8-10-19/h3-4,6-7,18,21H,2,5,8-12H2,1H3/t18-,19+/m1/s1. The molecule has 1 aliphatic heterocycles. The molecule has 3 nitrogen and oxygen atoms in total. The van der Waals surface area contributed by atoms with Crippen molar-refractivity contribution in [2.24, 2.45) is 5.41 Å². The number of nitrogens with one attached hydrogen (secondary N) is 1. The van der Waals surface area contributed by atoms with E-state index in [2.05, 4.69) is 63.7 Å². The third-order valence-electron chi connectivity index (χ3n) is 6.08. The summed E-state index contributed by atoms with van der Waals surface area (Å²) in [5.41, 5.74) is 4.24. The van der Waals surface area contributed by atoms with Gasteiger partial charge in [-0.3, -0.25) is 4.79 Å². The van der Waals surface area contributed by atoms with Crippen molar-refractivity contribution in [2.45, 2.75) is 45.1 Å². The lowest BCUT2D eigenvalue weighted by atomic mass is 9.62. The molecule has 2 heterocycles. The van der Waals surface area contributed by atoms with Gasteiger partial charge in [-0.15, -0.1) is 0 Å². The molecule has 122 valence electrons. The Labute approximate surface area is 151 Å². The summed E-state index contributed by atoms with van der Waals surface area (Å²) in [6.07, 6.45) is 5.85. The average Bonchev–Trinajstić information content (AvgIpc) is 2.98. The molecule has 1 aromatic carbocycles. The van der Waals surface area contributed by atoms with Gasteiger partial charge in [0.1, 0.15) is 0 Å². The minimum atomic E-state index is 0.253. The number of nitrogens with zero attached hydrogens (tertiary/aromatic N) is 1. The average molecular weight is 422 g/mol. The molecule has 23 heavy (non-hydrogen) atoms. The zero-order valence-corrected chi connectivity index (χ0v) is 15.7. The van der Waals surface area contributed by atoms with Crippen LogP contribution in [0.1, 0.15) is 49.9 Å². The first-order valence-electron chi connectivity index (χ1n) is 8.65. The summed E-state index contributed by atoms with van der Waals surface area (Å²) in [4.78, 5) is 18.5. The molecule has 1 amide bonds. The van der Waals surface area contributed by atoms with Gasteiger partial charge >= 0.3 is 0 Å². The minimum Gasteiger partial charge on any atom is -0.358 e. The van der Waals surface area contributed by atoms with Gasteiger partial charge in [0.2, 0.25) is 5.91 Å². The van der Waals surface area contributed by atoms with Gasteiger partial charge in [0, 0.05) is 28.7 Å². The summed E-state index contributed by atoms with van der Waals surface area (Å²) in [7, 11) is 0. The highest BCUT2D eigenvalue weighted by molar-refractivity contribution is 14.1. The molecular weight excluding hydrogens is 399 g/mol. The smallest absolute Gasteiger partial charge is 0.232 e. The van der Waals surface area contributed by atoms with Gasteiger partial charge in [-0.05, 0) is 43.6 Å². The molecule has 0 spiro atoms. The van der Waals surface area contributed by atoms with E-state index in [0.29, 0.717) is 10.3 Å². The number of amides is 1. The summed E-state index contributed by atoms with van der Waals surface area (Å²) in [5.74, 6) is 0.297. The van der Waals surface area contributed by atoms with Crippen molar-refractivity contribution in [1.29, 1.82) is 0 Å². The van der Waals surface area contributed by atoms with E-state index in [0.717, 1.165) is 25.8 Å². The third kappa shape index (κ3) is 2.24. The number of piperidine rings is 1. The Morgan fingerprint density at radius 3 is 3.00 bits per heavy atom. The van der Waals surface area contributed by atoms with Crippen LogP contribution in [0, 0.1) is 5.41 Å². The van der Waals surface area contributed by atoms with Crippen LogP contribution in [-0.2, 0) is 11.2 Å². The SMILES string of the molecule is CC[C@@]12CCCN(C(=O)CI)[C@@H]1c1c([nH]c3ccccc13)CC2. The molecule has 2 aromatic rings. The van der Waals surface area contributed by atoms with Crippen LogP contribution in [0.25, 0.3) is 10.9 Å². The van der Waals surface area contributed by atoms with E-state index < -0.39 is 0 Å². The molecule has 0 radical (unpaired) electrons. The van der Waals surface area contributed by atoms with Crippen LogP contribution in [0.4, 0.5) is 0 Å². The first-order chi connectivity index (χ1) is 11.2. The minimum absolute atomic E-state index is 0.253. The number of para-hydroxylation sites is 1. The molecule has 1 saturated heterocycles. The molecule has 0 unspecified atom stereocenters. The molecule has 2 atom stereocenters. The number of alkyl halides is 1. The molecule has 4 rings (SSSR count). The molecule has 1 N–H and O–H groups in total. The zero-order chi connectivity index (χ0) is 16.0. The second-order valence-electron chi connectivity index (χ2n) is 7.01. The summed E-state index contributed by atoms with van der Waals surface area (Å²) < 4.78 is 0.575. The Kier molecular flexibility index (Phi) is 3.90. The van der Waals surface area contributed by atoms with Crippen LogP contribution >= 0.6 is 22.6 Å². The monoisotopic (exact) mass is 422 g/mol. The number of aryl methyl sites for hydroxylation is 1. The molecule has 0 saturated carbocycles. The lowest BCUT2D eigenvalue weighted by molar-refractivity contribution is -0.138.